The van der Waals surface area contributed by atoms with E-state index < -0.39 is 9.84 Å². The molecule has 3 rings (SSSR count). The van der Waals surface area contributed by atoms with Gasteiger partial charge in [-0.1, -0.05) is 6.07 Å². The van der Waals surface area contributed by atoms with Crippen LogP contribution in [0.2, 0.25) is 0 Å². The first kappa shape index (κ1) is 18.8. The number of amides is 2. The summed E-state index contributed by atoms with van der Waals surface area (Å²) in [5.41, 5.74) is 0.907. The average Bonchev–Trinajstić information content (AvgIpc) is 3.00. The highest BCUT2D eigenvalue weighted by molar-refractivity contribution is 7.91. The fraction of sp³-hybridized carbons (Fsp3) is 0.556. The number of carbonyl (C=O) groups excluding carboxylic acids is 2. The highest BCUT2D eigenvalue weighted by Gasteiger charge is 2.33. The van der Waals surface area contributed by atoms with E-state index in [0.717, 1.165) is 13.1 Å². The van der Waals surface area contributed by atoms with Crippen molar-refractivity contribution in [1.82, 2.24) is 14.7 Å². The molecule has 2 heterocycles. The van der Waals surface area contributed by atoms with Crippen LogP contribution in [0.4, 0.5) is 0 Å². The van der Waals surface area contributed by atoms with E-state index in [1.54, 1.807) is 36.2 Å². The molecule has 0 aromatic heterocycles. The van der Waals surface area contributed by atoms with E-state index >= 15 is 0 Å². The number of piperazine rings is 1. The molecular formula is C18H25N3O4S. The van der Waals surface area contributed by atoms with E-state index in [1.807, 2.05) is 7.05 Å². The molecule has 1 unspecified atom stereocenters. The summed E-state index contributed by atoms with van der Waals surface area (Å²) >= 11 is 0. The quantitative estimate of drug-likeness (QED) is 0.757. The van der Waals surface area contributed by atoms with E-state index in [4.69, 9.17) is 0 Å². The summed E-state index contributed by atoms with van der Waals surface area (Å²) in [6.45, 7) is 3.02. The van der Waals surface area contributed by atoms with Crippen LogP contribution in [0.3, 0.4) is 0 Å². The van der Waals surface area contributed by atoms with Gasteiger partial charge in [-0.2, -0.15) is 0 Å². The van der Waals surface area contributed by atoms with Gasteiger partial charge in [0.25, 0.3) is 11.8 Å². The third-order valence-electron chi connectivity index (χ3n) is 5.22. The molecular weight excluding hydrogens is 354 g/mol. The second-order valence-corrected chi connectivity index (χ2v) is 9.38. The van der Waals surface area contributed by atoms with Gasteiger partial charge in [0.05, 0.1) is 11.5 Å². The van der Waals surface area contributed by atoms with Crippen molar-refractivity contribution in [3.8, 4) is 0 Å². The first-order chi connectivity index (χ1) is 12.3. The number of rotatable bonds is 3. The molecule has 2 fully saturated rings. The second kappa shape index (κ2) is 7.36. The van der Waals surface area contributed by atoms with Crippen molar-refractivity contribution in [1.29, 1.82) is 0 Å². The largest absolute Gasteiger partial charge is 0.338 e. The van der Waals surface area contributed by atoms with Crippen LogP contribution in [0, 0.1) is 0 Å². The lowest BCUT2D eigenvalue weighted by atomic mass is 10.1. The van der Waals surface area contributed by atoms with Crippen LogP contribution in [0.15, 0.2) is 24.3 Å². The minimum absolute atomic E-state index is 0.00908. The lowest BCUT2D eigenvalue weighted by Gasteiger charge is -2.32. The smallest absolute Gasteiger partial charge is 0.253 e. The number of hydrogen-bond donors (Lipinski definition) is 0. The number of likely N-dealkylation sites (N-methyl/N-ethyl adjacent to an activating group) is 1. The predicted octanol–water partition coefficient (Wildman–Crippen LogP) is 0.333. The van der Waals surface area contributed by atoms with Crippen LogP contribution in [0.5, 0.6) is 0 Å². The molecule has 0 saturated carbocycles. The van der Waals surface area contributed by atoms with Gasteiger partial charge in [0.1, 0.15) is 0 Å². The molecule has 2 aliphatic rings. The molecule has 2 aliphatic heterocycles. The molecule has 0 spiro atoms. The van der Waals surface area contributed by atoms with Gasteiger partial charge in [0.2, 0.25) is 0 Å². The van der Waals surface area contributed by atoms with Crippen molar-refractivity contribution in [3.63, 3.8) is 0 Å². The van der Waals surface area contributed by atoms with Crippen molar-refractivity contribution >= 4 is 21.7 Å². The maximum absolute atomic E-state index is 12.7. The topological polar surface area (TPSA) is 78.0 Å². The Kier molecular flexibility index (Phi) is 5.34. The zero-order valence-corrected chi connectivity index (χ0v) is 16.0. The standard InChI is InChI=1S/C18H25N3O4S/c1-19-7-9-21(10-8-19)18(23)15-5-3-4-14(12-15)17(22)20(2)16-6-11-26(24,25)13-16/h3-5,12,16H,6-11,13H2,1-2H3. The van der Waals surface area contributed by atoms with Crippen LogP contribution in [-0.4, -0.2) is 92.8 Å². The van der Waals surface area contributed by atoms with E-state index in [1.165, 1.54) is 4.90 Å². The SMILES string of the molecule is CN1CCN(C(=O)c2cccc(C(=O)N(C)C3CCS(=O)(=O)C3)c2)CC1. The van der Waals surface area contributed by atoms with Crippen molar-refractivity contribution < 1.29 is 18.0 Å². The minimum Gasteiger partial charge on any atom is -0.338 e. The highest BCUT2D eigenvalue weighted by atomic mass is 32.2. The number of benzene rings is 1. The molecule has 0 radical (unpaired) electrons. The minimum atomic E-state index is -3.06. The molecule has 2 amide bonds. The maximum atomic E-state index is 12.7. The van der Waals surface area contributed by atoms with Crippen molar-refractivity contribution in [2.75, 3.05) is 51.8 Å². The van der Waals surface area contributed by atoms with Crippen molar-refractivity contribution in [2.24, 2.45) is 0 Å². The summed E-state index contributed by atoms with van der Waals surface area (Å²) in [5, 5.41) is 0. The third kappa shape index (κ3) is 4.07. The molecule has 1 atom stereocenters. The van der Waals surface area contributed by atoms with Gasteiger partial charge >= 0.3 is 0 Å². The normalized spacial score (nSPS) is 23.0. The second-order valence-electron chi connectivity index (χ2n) is 7.15. The summed E-state index contributed by atoms with van der Waals surface area (Å²) < 4.78 is 23.3. The number of sulfone groups is 1. The summed E-state index contributed by atoms with van der Waals surface area (Å²) in [7, 11) is 0.600. The third-order valence-corrected chi connectivity index (χ3v) is 6.97. The molecule has 8 heteroatoms. The van der Waals surface area contributed by atoms with E-state index in [-0.39, 0.29) is 29.4 Å². The Morgan fingerprint density at radius 3 is 2.38 bits per heavy atom. The Labute approximate surface area is 154 Å². The average molecular weight is 379 g/mol. The molecule has 0 aliphatic carbocycles. The highest BCUT2D eigenvalue weighted by Crippen LogP contribution is 2.19. The van der Waals surface area contributed by atoms with Crippen LogP contribution in [-0.2, 0) is 9.84 Å². The van der Waals surface area contributed by atoms with Crippen molar-refractivity contribution in [2.45, 2.75) is 12.5 Å². The Morgan fingerprint density at radius 2 is 1.77 bits per heavy atom. The molecule has 1 aromatic rings. The lowest BCUT2D eigenvalue weighted by molar-refractivity contribution is 0.0664. The number of hydrogen-bond acceptors (Lipinski definition) is 5. The predicted molar refractivity (Wildman–Crippen MR) is 99.0 cm³/mol. The lowest BCUT2D eigenvalue weighted by Crippen LogP contribution is -2.47. The van der Waals surface area contributed by atoms with Crippen LogP contribution < -0.4 is 0 Å². The molecule has 142 valence electrons. The monoisotopic (exact) mass is 379 g/mol. The van der Waals surface area contributed by atoms with Gasteiger partial charge in [-0.3, -0.25) is 9.59 Å². The number of carbonyl (C=O) groups is 2. The summed E-state index contributed by atoms with van der Waals surface area (Å²) in [5.74, 6) is -0.189. The molecule has 0 N–H and O–H groups in total. The summed E-state index contributed by atoms with van der Waals surface area (Å²) in [4.78, 5) is 30.9. The van der Waals surface area contributed by atoms with E-state index in [0.29, 0.717) is 30.6 Å². The van der Waals surface area contributed by atoms with Gasteiger partial charge in [-0.05, 0) is 31.7 Å². The Hall–Kier alpha value is -1.93. The molecule has 26 heavy (non-hydrogen) atoms. The van der Waals surface area contributed by atoms with Crippen molar-refractivity contribution in [3.05, 3.63) is 35.4 Å². The van der Waals surface area contributed by atoms with Gasteiger partial charge in [-0.25, -0.2) is 8.42 Å². The number of nitrogens with zero attached hydrogens (tertiary/aromatic N) is 3. The van der Waals surface area contributed by atoms with Crippen LogP contribution in [0.25, 0.3) is 0 Å². The fourth-order valence-corrected chi connectivity index (χ4v) is 5.20. The fourth-order valence-electron chi connectivity index (χ4n) is 3.43. The molecule has 0 bridgehead atoms. The first-order valence-electron chi connectivity index (χ1n) is 8.82. The molecule has 7 nitrogen and oxygen atoms in total. The molecule has 2 saturated heterocycles. The van der Waals surface area contributed by atoms with Gasteiger partial charge in [0.15, 0.2) is 9.84 Å². The van der Waals surface area contributed by atoms with Crippen LogP contribution in [0.1, 0.15) is 27.1 Å². The first-order valence-corrected chi connectivity index (χ1v) is 10.6. The Balaban J connectivity index is 1.72. The van der Waals surface area contributed by atoms with E-state index in [9.17, 15) is 18.0 Å². The maximum Gasteiger partial charge on any atom is 0.253 e. The van der Waals surface area contributed by atoms with Gasteiger partial charge in [0, 0.05) is 50.4 Å². The zero-order valence-electron chi connectivity index (χ0n) is 15.2. The van der Waals surface area contributed by atoms with Gasteiger partial charge in [-0.15, -0.1) is 0 Å². The Morgan fingerprint density at radius 1 is 1.12 bits per heavy atom. The van der Waals surface area contributed by atoms with Crippen LogP contribution >= 0.6 is 0 Å². The zero-order chi connectivity index (χ0) is 18.9. The van der Waals surface area contributed by atoms with E-state index in [2.05, 4.69) is 4.90 Å². The van der Waals surface area contributed by atoms with Gasteiger partial charge < -0.3 is 14.7 Å². The Bertz CT molecular complexity index is 800. The summed E-state index contributed by atoms with van der Waals surface area (Å²) in [6, 6.07) is 6.41. The summed E-state index contributed by atoms with van der Waals surface area (Å²) in [6.07, 6.45) is 0.463. The molecule has 1 aromatic carbocycles.